The molecule has 2 aromatic carbocycles. The minimum absolute atomic E-state index is 0.942. The molecule has 0 radical (unpaired) electrons. The first-order valence-corrected chi connectivity index (χ1v) is 9.85. The Morgan fingerprint density at radius 2 is 1.30 bits per heavy atom. The van der Waals surface area contributed by atoms with Crippen molar-refractivity contribution in [1.82, 2.24) is 0 Å². The zero-order valence-corrected chi connectivity index (χ0v) is 14.6. The summed E-state index contributed by atoms with van der Waals surface area (Å²) in [6.07, 6.45) is 7.74. The van der Waals surface area contributed by atoms with Crippen LogP contribution in [0.2, 0.25) is 0 Å². The van der Waals surface area contributed by atoms with Crippen LogP contribution in [0.5, 0.6) is 0 Å². The van der Waals surface area contributed by atoms with Crippen molar-refractivity contribution in [1.29, 1.82) is 0 Å². The molecule has 3 rings (SSSR count). The number of anilines is 2. The second-order valence-corrected chi connectivity index (χ2v) is 7.54. The number of fused-ring (bicyclic) bond motifs is 2. The highest BCUT2D eigenvalue weighted by atomic mass is 32.2. The summed E-state index contributed by atoms with van der Waals surface area (Å²) < 4.78 is 12.8. The van der Waals surface area contributed by atoms with Crippen LogP contribution in [0, 0.1) is 0 Å². The van der Waals surface area contributed by atoms with Crippen LogP contribution in [-0.2, 0) is 10.8 Å². The summed E-state index contributed by atoms with van der Waals surface area (Å²) >= 11 is 0. The summed E-state index contributed by atoms with van der Waals surface area (Å²) in [6.45, 7) is 3.25. The molecule has 0 saturated carbocycles. The Kier molecular flexibility index (Phi) is 5.50. The SMILES string of the molecule is CCCCCCCCN1c2ccccc2S(=O)c2ccccc21. The lowest BCUT2D eigenvalue weighted by Crippen LogP contribution is -2.25. The molecule has 0 amide bonds. The van der Waals surface area contributed by atoms with E-state index in [1.54, 1.807) is 0 Å². The van der Waals surface area contributed by atoms with Crippen LogP contribution in [-0.4, -0.2) is 10.8 Å². The third-order valence-corrected chi connectivity index (χ3v) is 5.94. The molecular weight excluding hydrogens is 302 g/mol. The Hall–Kier alpha value is -1.61. The minimum Gasteiger partial charge on any atom is -0.339 e. The fourth-order valence-electron chi connectivity index (χ4n) is 3.21. The van der Waals surface area contributed by atoms with Crippen molar-refractivity contribution < 1.29 is 4.21 Å². The van der Waals surface area contributed by atoms with Crippen LogP contribution in [0.4, 0.5) is 11.4 Å². The molecule has 0 N–H and O–H groups in total. The molecule has 1 aliphatic heterocycles. The van der Waals surface area contributed by atoms with Crippen molar-refractivity contribution >= 4 is 22.2 Å². The van der Waals surface area contributed by atoms with Crippen LogP contribution in [0.1, 0.15) is 45.4 Å². The molecule has 0 aliphatic carbocycles. The first kappa shape index (κ1) is 16.3. The van der Waals surface area contributed by atoms with Crippen LogP contribution < -0.4 is 4.90 Å². The maximum absolute atomic E-state index is 12.8. The second-order valence-electron chi connectivity index (χ2n) is 6.12. The van der Waals surface area contributed by atoms with Gasteiger partial charge in [-0.15, -0.1) is 0 Å². The lowest BCUT2D eigenvalue weighted by molar-refractivity contribution is 0.608. The first-order valence-electron chi connectivity index (χ1n) is 8.70. The largest absolute Gasteiger partial charge is 0.339 e. The van der Waals surface area contributed by atoms with Crippen molar-refractivity contribution in [3.8, 4) is 0 Å². The van der Waals surface area contributed by atoms with Gasteiger partial charge in [-0.2, -0.15) is 0 Å². The Bertz CT molecular complexity index is 633. The fraction of sp³-hybridized carbons (Fsp3) is 0.400. The monoisotopic (exact) mass is 327 g/mol. The van der Waals surface area contributed by atoms with Crippen molar-refractivity contribution in [3.63, 3.8) is 0 Å². The van der Waals surface area contributed by atoms with Gasteiger partial charge < -0.3 is 4.90 Å². The lowest BCUT2D eigenvalue weighted by Gasteiger charge is -2.32. The van der Waals surface area contributed by atoms with Gasteiger partial charge in [0.25, 0.3) is 0 Å². The topological polar surface area (TPSA) is 20.3 Å². The van der Waals surface area contributed by atoms with Gasteiger partial charge in [-0.1, -0.05) is 63.3 Å². The van der Waals surface area contributed by atoms with E-state index >= 15 is 0 Å². The standard InChI is InChI=1S/C20H25NOS/c1-2-3-4-5-6-11-16-21-17-12-7-9-14-19(17)23(22)20-15-10-8-13-18(20)21/h7-10,12-15H,2-6,11,16H2,1H3. The molecule has 122 valence electrons. The summed E-state index contributed by atoms with van der Waals surface area (Å²) in [6, 6.07) is 16.2. The summed E-state index contributed by atoms with van der Waals surface area (Å²) in [5.41, 5.74) is 2.22. The van der Waals surface area contributed by atoms with E-state index in [-0.39, 0.29) is 0 Å². The number of hydrogen-bond acceptors (Lipinski definition) is 2. The minimum atomic E-state index is -1.06. The summed E-state index contributed by atoms with van der Waals surface area (Å²) in [4.78, 5) is 4.24. The number of benzene rings is 2. The van der Waals surface area contributed by atoms with Crippen LogP contribution in [0.25, 0.3) is 0 Å². The average molecular weight is 327 g/mol. The Labute approximate surface area is 142 Å². The molecule has 2 nitrogen and oxygen atoms in total. The van der Waals surface area contributed by atoms with Crippen molar-refractivity contribution in [2.24, 2.45) is 0 Å². The van der Waals surface area contributed by atoms with Crippen molar-refractivity contribution in [3.05, 3.63) is 48.5 Å². The van der Waals surface area contributed by atoms with E-state index in [2.05, 4.69) is 24.0 Å². The molecule has 0 unspecified atom stereocenters. The highest BCUT2D eigenvalue weighted by molar-refractivity contribution is 7.85. The van der Waals surface area contributed by atoms with Crippen molar-refractivity contribution in [2.45, 2.75) is 55.2 Å². The predicted octanol–water partition coefficient (Wildman–Crippen LogP) is 5.67. The van der Waals surface area contributed by atoms with Gasteiger partial charge in [0.15, 0.2) is 0 Å². The van der Waals surface area contributed by atoms with Crippen LogP contribution in [0.3, 0.4) is 0 Å². The van der Waals surface area contributed by atoms with Gasteiger partial charge in [0.05, 0.1) is 32.0 Å². The number of hydrogen-bond donors (Lipinski definition) is 0. The molecule has 0 saturated heterocycles. The van der Waals surface area contributed by atoms with E-state index in [0.29, 0.717) is 0 Å². The summed E-state index contributed by atoms with van der Waals surface area (Å²) in [7, 11) is -1.06. The number of nitrogens with zero attached hydrogens (tertiary/aromatic N) is 1. The van der Waals surface area contributed by atoms with E-state index in [9.17, 15) is 4.21 Å². The fourth-order valence-corrected chi connectivity index (χ4v) is 4.59. The van der Waals surface area contributed by atoms with Gasteiger partial charge >= 0.3 is 0 Å². The summed E-state index contributed by atoms with van der Waals surface area (Å²) in [5.74, 6) is 0. The third-order valence-electron chi connectivity index (χ3n) is 4.45. The molecule has 0 atom stereocenters. The molecule has 0 spiro atoms. The zero-order chi connectivity index (χ0) is 16.1. The maximum atomic E-state index is 12.8. The number of para-hydroxylation sites is 2. The molecule has 1 heterocycles. The predicted molar refractivity (Wildman–Crippen MR) is 97.9 cm³/mol. The van der Waals surface area contributed by atoms with Gasteiger partial charge in [0.1, 0.15) is 0 Å². The first-order chi connectivity index (χ1) is 11.3. The smallest absolute Gasteiger partial charge is 0.0892 e. The van der Waals surface area contributed by atoms with Gasteiger partial charge in [-0.3, -0.25) is 0 Å². The quantitative estimate of drug-likeness (QED) is 0.611. The normalized spacial score (nSPS) is 13.7. The molecule has 0 bridgehead atoms. The van der Waals surface area contributed by atoms with Crippen LogP contribution >= 0.6 is 0 Å². The Morgan fingerprint density at radius 3 is 1.91 bits per heavy atom. The Morgan fingerprint density at radius 1 is 0.783 bits per heavy atom. The van der Waals surface area contributed by atoms with Gasteiger partial charge in [-0.05, 0) is 30.7 Å². The molecule has 23 heavy (non-hydrogen) atoms. The van der Waals surface area contributed by atoms with Gasteiger partial charge in [0.2, 0.25) is 0 Å². The molecule has 3 heteroatoms. The number of rotatable bonds is 7. The molecular formula is C20H25NOS. The van der Waals surface area contributed by atoms with E-state index < -0.39 is 10.8 Å². The average Bonchev–Trinajstić information content (AvgIpc) is 2.60. The second kappa shape index (κ2) is 7.78. The van der Waals surface area contributed by atoms with E-state index in [0.717, 1.165) is 27.7 Å². The van der Waals surface area contributed by atoms with E-state index in [1.807, 2.05) is 36.4 Å². The molecule has 2 aromatic rings. The molecule has 0 fully saturated rings. The van der Waals surface area contributed by atoms with Crippen LogP contribution in [0.15, 0.2) is 58.3 Å². The maximum Gasteiger partial charge on any atom is 0.0892 e. The molecule has 1 aliphatic rings. The summed E-state index contributed by atoms with van der Waals surface area (Å²) in [5, 5.41) is 0. The number of unbranched alkanes of at least 4 members (excludes halogenated alkanes) is 5. The molecule has 0 aromatic heterocycles. The lowest BCUT2D eigenvalue weighted by atomic mass is 10.1. The van der Waals surface area contributed by atoms with Gasteiger partial charge in [0, 0.05) is 6.54 Å². The highest BCUT2D eigenvalue weighted by Gasteiger charge is 2.26. The van der Waals surface area contributed by atoms with E-state index in [4.69, 9.17) is 0 Å². The highest BCUT2D eigenvalue weighted by Crippen LogP contribution is 2.41. The third kappa shape index (κ3) is 3.50. The zero-order valence-electron chi connectivity index (χ0n) is 13.8. The van der Waals surface area contributed by atoms with Gasteiger partial charge in [-0.25, -0.2) is 4.21 Å². The Balaban J connectivity index is 1.77. The van der Waals surface area contributed by atoms with E-state index in [1.165, 1.54) is 38.5 Å². The van der Waals surface area contributed by atoms with Crippen molar-refractivity contribution in [2.75, 3.05) is 11.4 Å².